The number of esters is 2. The van der Waals surface area contributed by atoms with Crippen molar-refractivity contribution < 1.29 is 38.2 Å². The van der Waals surface area contributed by atoms with Crippen molar-refractivity contribution >= 4 is 17.9 Å². The van der Waals surface area contributed by atoms with Crippen molar-refractivity contribution in [3.63, 3.8) is 0 Å². The molecular formula is C56H98NO7+. The Kier molecular flexibility index (Phi) is 44.0. The smallest absolute Gasteiger partial charge is 0.362 e. The average molecular weight is 897 g/mol. The fourth-order valence-corrected chi connectivity index (χ4v) is 7.40. The number of quaternary nitrogens is 1. The highest BCUT2D eigenvalue weighted by molar-refractivity contribution is 5.72. The average Bonchev–Trinajstić information content (AvgIpc) is 3.26. The van der Waals surface area contributed by atoms with E-state index < -0.39 is 18.1 Å². The molecule has 1 N–H and O–H groups in total. The molecule has 8 nitrogen and oxygen atoms in total. The van der Waals surface area contributed by atoms with Crippen molar-refractivity contribution in [3.8, 4) is 0 Å². The molecule has 0 amide bonds. The summed E-state index contributed by atoms with van der Waals surface area (Å²) in [5, 5.41) is 9.66. The quantitative estimate of drug-likeness (QED) is 0.0281. The normalized spacial score (nSPS) is 13.5. The maximum Gasteiger partial charge on any atom is 0.362 e. The summed E-state index contributed by atoms with van der Waals surface area (Å²) in [6.07, 6.45) is 59.6. The third-order valence-corrected chi connectivity index (χ3v) is 11.4. The third-order valence-electron chi connectivity index (χ3n) is 11.4. The number of rotatable bonds is 46. The molecule has 0 aliphatic carbocycles. The zero-order valence-electron chi connectivity index (χ0n) is 42.0. The molecule has 0 saturated carbocycles. The zero-order valence-corrected chi connectivity index (χ0v) is 42.0. The molecule has 0 spiro atoms. The number of aliphatic carboxylic acids is 1. The van der Waals surface area contributed by atoms with Crippen LogP contribution in [-0.2, 0) is 28.6 Å². The summed E-state index contributed by atoms with van der Waals surface area (Å²) in [6.45, 7) is 4.58. The summed E-state index contributed by atoms with van der Waals surface area (Å²) in [5.41, 5.74) is 0. The van der Waals surface area contributed by atoms with Gasteiger partial charge in [-0.3, -0.25) is 9.59 Å². The highest BCUT2D eigenvalue weighted by Crippen LogP contribution is 2.16. The number of hydrogen-bond donors (Lipinski definition) is 1. The minimum absolute atomic E-state index is 0.0420. The summed E-state index contributed by atoms with van der Waals surface area (Å²) in [6, 6.07) is -0.626. The number of hydrogen-bond acceptors (Lipinski definition) is 6. The standard InChI is InChI=1S/C56H97NO7/c1-6-8-10-12-14-16-18-20-22-24-26-28-30-32-34-36-38-40-42-44-46-54(58)63-51-52(50-62-49-48-53(56(60)61)57(3,4)5)64-55(59)47-45-43-41-39-37-35-33-31-29-27-25-23-21-19-17-15-13-11-9-7-2/h8,10,14,16,20,22,26,28,32,34,38,40,52-53H,6-7,9,11-13,15,17-19,21,23-25,27,29-31,33,35-37,39,41-51H2,1-5H3/p+1/b10-8+,16-14+,22-20+,28-26+,34-32+,40-38+. The van der Waals surface area contributed by atoms with Crippen molar-refractivity contribution in [2.75, 3.05) is 41.0 Å². The number of allylic oxidation sites excluding steroid dienone is 12. The minimum Gasteiger partial charge on any atom is -0.477 e. The number of likely N-dealkylation sites (N-methyl/N-ethyl adjacent to an activating group) is 1. The molecule has 0 bridgehead atoms. The Morgan fingerprint density at radius 3 is 1.28 bits per heavy atom. The van der Waals surface area contributed by atoms with Gasteiger partial charge in [0, 0.05) is 19.3 Å². The Labute approximate surface area is 393 Å². The van der Waals surface area contributed by atoms with E-state index in [4.69, 9.17) is 14.2 Å². The van der Waals surface area contributed by atoms with Gasteiger partial charge in [-0.2, -0.15) is 0 Å². The molecule has 0 aromatic heterocycles. The number of nitrogens with zero attached hydrogens (tertiary/aromatic N) is 1. The van der Waals surface area contributed by atoms with Gasteiger partial charge in [0.15, 0.2) is 12.1 Å². The van der Waals surface area contributed by atoms with Gasteiger partial charge in [0.05, 0.1) is 34.4 Å². The summed E-state index contributed by atoms with van der Waals surface area (Å²) in [4.78, 5) is 37.2. The summed E-state index contributed by atoms with van der Waals surface area (Å²) >= 11 is 0. The molecule has 2 atom stereocenters. The summed E-state index contributed by atoms with van der Waals surface area (Å²) in [5.74, 6) is -1.54. The first-order valence-corrected chi connectivity index (χ1v) is 26.0. The first-order valence-electron chi connectivity index (χ1n) is 26.0. The van der Waals surface area contributed by atoms with Crippen LogP contribution < -0.4 is 0 Å². The zero-order chi connectivity index (χ0) is 47.0. The number of unbranched alkanes of at least 4 members (excludes halogenated alkanes) is 20. The van der Waals surface area contributed by atoms with Crippen LogP contribution in [0.4, 0.5) is 0 Å². The van der Waals surface area contributed by atoms with E-state index in [1.165, 1.54) is 109 Å². The first kappa shape index (κ1) is 60.8. The highest BCUT2D eigenvalue weighted by Gasteiger charge is 2.31. The van der Waals surface area contributed by atoms with Crippen LogP contribution in [0.1, 0.15) is 213 Å². The van der Waals surface area contributed by atoms with Crippen LogP contribution >= 0.6 is 0 Å². The molecule has 0 aromatic carbocycles. The predicted octanol–water partition coefficient (Wildman–Crippen LogP) is 15.1. The molecule has 2 unspecified atom stereocenters. The minimum atomic E-state index is -0.883. The van der Waals surface area contributed by atoms with Crippen LogP contribution in [0.2, 0.25) is 0 Å². The second-order valence-electron chi connectivity index (χ2n) is 18.4. The van der Waals surface area contributed by atoms with Crippen molar-refractivity contribution in [2.24, 2.45) is 0 Å². The first-order chi connectivity index (χ1) is 31.1. The fraction of sp³-hybridized carbons (Fsp3) is 0.732. The van der Waals surface area contributed by atoms with Crippen LogP contribution in [0.25, 0.3) is 0 Å². The molecule has 0 radical (unpaired) electrons. The van der Waals surface area contributed by atoms with Crippen molar-refractivity contribution in [1.82, 2.24) is 0 Å². The van der Waals surface area contributed by atoms with Crippen LogP contribution in [0.3, 0.4) is 0 Å². The molecule has 0 saturated heterocycles. The fourth-order valence-electron chi connectivity index (χ4n) is 7.40. The molecule has 8 heteroatoms. The topological polar surface area (TPSA) is 99.1 Å². The van der Waals surface area contributed by atoms with E-state index in [0.29, 0.717) is 19.3 Å². The second-order valence-corrected chi connectivity index (χ2v) is 18.4. The predicted molar refractivity (Wildman–Crippen MR) is 270 cm³/mol. The Balaban J connectivity index is 4.33. The van der Waals surface area contributed by atoms with E-state index in [1.807, 2.05) is 21.1 Å². The van der Waals surface area contributed by atoms with E-state index >= 15 is 0 Å². The van der Waals surface area contributed by atoms with Crippen LogP contribution in [-0.4, -0.2) is 80.6 Å². The number of carbonyl (C=O) groups is 3. The lowest BCUT2D eigenvalue weighted by atomic mass is 10.0. The van der Waals surface area contributed by atoms with Crippen LogP contribution in [0.5, 0.6) is 0 Å². The van der Waals surface area contributed by atoms with Crippen molar-refractivity contribution in [3.05, 3.63) is 72.9 Å². The van der Waals surface area contributed by atoms with E-state index in [1.54, 1.807) is 0 Å². The maximum absolute atomic E-state index is 12.8. The molecule has 0 aliphatic heterocycles. The Bertz CT molecular complexity index is 1270. The monoisotopic (exact) mass is 897 g/mol. The molecule has 368 valence electrons. The van der Waals surface area contributed by atoms with Gasteiger partial charge < -0.3 is 23.8 Å². The Morgan fingerprint density at radius 1 is 0.484 bits per heavy atom. The van der Waals surface area contributed by atoms with Crippen molar-refractivity contribution in [2.45, 2.75) is 225 Å². The number of carbonyl (C=O) groups excluding carboxylic acids is 2. The number of carboxylic acids is 1. The van der Waals surface area contributed by atoms with Gasteiger partial charge >= 0.3 is 17.9 Å². The Morgan fingerprint density at radius 2 is 0.875 bits per heavy atom. The molecule has 64 heavy (non-hydrogen) atoms. The largest absolute Gasteiger partial charge is 0.477 e. The maximum atomic E-state index is 12.8. The summed E-state index contributed by atoms with van der Waals surface area (Å²) in [7, 11) is 5.52. The molecule has 0 heterocycles. The molecule has 0 rings (SSSR count). The lowest BCUT2D eigenvalue weighted by Crippen LogP contribution is -2.50. The highest BCUT2D eigenvalue weighted by atomic mass is 16.6. The van der Waals surface area contributed by atoms with E-state index in [-0.39, 0.29) is 42.7 Å². The van der Waals surface area contributed by atoms with Crippen LogP contribution in [0.15, 0.2) is 72.9 Å². The molecule has 0 aromatic rings. The van der Waals surface area contributed by atoms with E-state index in [2.05, 4.69) is 86.8 Å². The lowest BCUT2D eigenvalue weighted by molar-refractivity contribution is -0.887. The van der Waals surface area contributed by atoms with Crippen molar-refractivity contribution in [1.29, 1.82) is 0 Å². The lowest BCUT2D eigenvalue weighted by Gasteiger charge is -2.31. The van der Waals surface area contributed by atoms with Gasteiger partial charge in [0.1, 0.15) is 6.61 Å². The van der Waals surface area contributed by atoms with Gasteiger partial charge in [-0.25, -0.2) is 4.79 Å². The van der Waals surface area contributed by atoms with E-state index in [9.17, 15) is 19.5 Å². The van der Waals surface area contributed by atoms with Gasteiger partial charge in [-0.05, 0) is 57.8 Å². The number of ether oxygens (including phenoxy) is 3. The summed E-state index contributed by atoms with van der Waals surface area (Å²) < 4.78 is 17.3. The van der Waals surface area contributed by atoms with E-state index in [0.717, 1.165) is 64.2 Å². The molecule has 0 fully saturated rings. The second kappa shape index (κ2) is 46.3. The van der Waals surface area contributed by atoms with Gasteiger partial charge in [-0.15, -0.1) is 0 Å². The SMILES string of the molecule is CC/C=C/C/C=C/C/C=C/C/C=C/C/C=C/C/C=C/CCCC(=O)OCC(COCCC(C(=O)O)[N+](C)(C)C)OC(=O)CCCCCCCCCCCCCCCCCCCCCC. The van der Waals surface area contributed by atoms with Gasteiger partial charge in [0.2, 0.25) is 0 Å². The van der Waals surface area contributed by atoms with Gasteiger partial charge in [0.25, 0.3) is 0 Å². The Hall–Kier alpha value is -3.23. The molecule has 0 aliphatic rings. The molecular weight excluding hydrogens is 799 g/mol. The third kappa shape index (κ3) is 44.0. The van der Waals surface area contributed by atoms with Gasteiger partial charge in [-0.1, -0.05) is 209 Å². The number of carboxylic acid groups (broad SMARTS) is 1. The van der Waals surface area contributed by atoms with Crippen LogP contribution in [0, 0.1) is 0 Å².